The molecule has 0 saturated carbocycles. The Morgan fingerprint density at radius 3 is 2.42 bits per heavy atom. The molecule has 1 aromatic rings. The van der Waals surface area contributed by atoms with Crippen LogP contribution >= 0.6 is 0 Å². The first-order valence-electron chi connectivity index (χ1n) is 6.81. The van der Waals surface area contributed by atoms with E-state index in [-0.39, 0.29) is 11.3 Å². The highest BCUT2D eigenvalue weighted by molar-refractivity contribution is 5.78. The maximum atomic E-state index is 11.9. The van der Waals surface area contributed by atoms with Crippen molar-refractivity contribution in [2.24, 2.45) is 5.41 Å². The monoisotopic (exact) mass is 262 g/mol. The molecule has 1 rings (SSSR count). The van der Waals surface area contributed by atoms with E-state index in [0.717, 1.165) is 12.1 Å². The second-order valence-electron chi connectivity index (χ2n) is 6.07. The van der Waals surface area contributed by atoms with Crippen LogP contribution in [0.4, 0.5) is 0 Å². The highest BCUT2D eigenvalue weighted by Gasteiger charge is 2.17. The highest BCUT2D eigenvalue weighted by atomic mass is 16.1. The first-order valence-corrected chi connectivity index (χ1v) is 6.81. The van der Waals surface area contributed by atoms with E-state index in [0.29, 0.717) is 13.0 Å². The zero-order valence-electron chi connectivity index (χ0n) is 12.8. The minimum absolute atomic E-state index is 0.0770. The molecule has 0 aliphatic rings. The Hall–Kier alpha value is -1.35. The Morgan fingerprint density at radius 2 is 1.84 bits per heavy atom. The molecule has 3 nitrogen and oxygen atoms in total. The van der Waals surface area contributed by atoms with Gasteiger partial charge in [-0.15, -0.1) is 0 Å². The van der Waals surface area contributed by atoms with Gasteiger partial charge in [0.15, 0.2) is 0 Å². The van der Waals surface area contributed by atoms with Gasteiger partial charge in [-0.05, 0) is 43.0 Å². The van der Waals surface area contributed by atoms with Gasteiger partial charge in [0.05, 0.1) is 6.42 Å². The zero-order valence-corrected chi connectivity index (χ0v) is 12.8. The van der Waals surface area contributed by atoms with Gasteiger partial charge in [-0.3, -0.25) is 4.79 Å². The molecule has 0 aliphatic heterocycles. The average molecular weight is 262 g/mol. The molecule has 0 radical (unpaired) electrons. The predicted octanol–water partition coefficient (Wildman–Crippen LogP) is 2.21. The van der Waals surface area contributed by atoms with Gasteiger partial charge in [0.1, 0.15) is 0 Å². The van der Waals surface area contributed by atoms with Crippen LogP contribution in [0.3, 0.4) is 0 Å². The summed E-state index contributed by atoms with van der Waals surface area (Å²) in [5.74, 6) is 0.0902. The molecule has 1 amide bonds. The molecule has 0 heterocycles. The fourth-order valence-electron chi connectivity index (χ4n) is 2.04. The van der Waals surface area contributed by atoms with Crippen molar-refractivity contribution in [3.63, 3.8) is 0 Å². The summed E-state index contributed by atoms with van der Waals surface area (Å²) < 4.78 is 0. The van der Waals surface area contributed by atoms with E-state index in [9.17, 15) is 4.79 Å². The molecule has 2 N–H and O–H groups in total. The summed E-state index contributed by atoms with van der Waals surface area (Å²) in [4.78, 5) is 11.9. The number of carbonyl (C=O) groups excluding carboxylic acids is 1. The molecule has 1 aromatic carbocycles. The lowest BCUT2D eigenvalue weighted by atomic mass is 9.93. The second kappa shape index (κ2) is 6.71. The smallest absolute Gasteiger partial charge is 0.224 e. The van der Waals surface area contributed by atoms with Crippen molar-refractivity contribution >= 4 is 5.91 Å². The lowest BCUT2D eigenvalue weighted by molar-refractivity contribution is -0.120. The molecule has 0 saturated heterocycles. The molecular weight excluding hydrogens is 236 g/mol. The Labute approximate surface area is 116 Å². The molecular formula is C16H26N2O. The largest absolute Gasteiger partial charge is 0.355 e. The Balaban J connectivity index is 2.49. The van der Waals surface area contributed by atoms with Crippen molar-refractivity contribution in [1.82, 2.24) is 10.6 Å². The van der Waals surface area contributed by atoms with Crippen LogP contribution in [-0.2, 0) is 11.2 Å². The molecule has 0 spiro atoms. The van der Waals surface area contributed by atoms with E-state index in [1.165, 1.54) is 11.1 Å². The fraction of sp³-hybridized carbons (Fsp3) is 0.562. The topological polar surface area (TPSA) is 41.1 Å². The lowest BCUT2D eigenvalue weighted by Gasteiger charge is -2.24. The Kier molecular flexibility index (Phi) is 5.55. The standard InChI is InChI=1S/C16H26N2O/c1-12-6-7-14(8-13(12)2)9-15(19)18-11-16(3,4)10-17-5/h6-8,17H,9-11H2,1-5H3,(H,18,19). The number of hydrogen-bond donors (Lipinski definition) is 2. The van der Waals surface area contributed by atoms with Crippen molar-refractivity contribution in [3.8, 4) is 0 Å². The van der Waals surface area contributed by atoms with E-state index in [1.807, 2.05) is 13.1 Å². The second-order valence-corrected chi connectivity index (χ2v) is 6.07. The third-order valence-corrected chi connectivity index (χ3v) is 3.36. The van der Waals surface area contributed by atoms with Crippen LogP contribution in [0, 0.1) is 19.3 Å². The minimum Gasteiger partial charge on any atom is -0.355 e. The van der Waals surface area contributed by atoms with E-state index in [1.54, 1.807) is 0 Å². The lowest BCUT2D eigenvalue weighted by Crippen LogP contribution is -2.39. The zero-order chi connectivity index (χ0) is 14.5. The van der Waals surface area contributed by atoms with Crippen LogP contribution in [0.1, 0.15) is 30.5 Å². The van der Waals surface area contributed by atoms with E-state index in [2.05, 4.69) is 50.5 Å². The van der Waals surface area contributed by atoms with E-state index >= 15 is 0 Å². The van der Waals surface area contributed by atoms with Crippen molar-refractivity contribution in [1.29, 1.82) is 0 Å². The average Bonchev–Trinajstić information content (AvgIpc) is 2.32. The summed E-state index contributed by atoms with van der Waals surface area (Å²) in [6, 6.07) is 6.19. The molecule has 3 heteroatoms. The van der Waals surface area contributed by atoms with Crippen molar-refractivity contribution < 1.29 is 4.79 Å². The number of nitrogens with one attached hydrogen (secondary N) is 2. The van der Waals surface area contributed by atoms with Crippen molar-refractivity contribution in [2.45, 2.75) is 34.1 Å². The summed E-state index contributed by atoms with van der Waals surface area (Å²) in [5, 5.41) is 6.16. The molecule has 0 aliphatic carbocycles. The van der Waals surface area contributed by atoms with Gasteiger partial charge < -0.3 is 10.6 Å². The SMILES string of the molecule is CNCC(C)(C)CNC(=O)Cc1ccc(C)c(C)c1. The van der Waals surface area contributed by atoms with Crippen molar-refractivity contribution in [3.05, 3.63) is 34.9 Å². The van der Waals surface area contributed by atoms with Crippen LogP contribution in [-0.4, -0.2) is 26.0 Å². The third-order valence-electron chi connectivity index (χ3n) is 3.36. The van der Waals surface area contributed by atoms with Gasteiger partial charge in [-0.1, -0.05) is 32.0 Å². The van der Waals surface area contributed by atoms with Gasteiger partial charge in [0.2, 0.25) is 5.91 Å². The quantitative estimate of drug-likeness (QED) is 0.825. The van der Waals surface area contributed by atoms with E-state index in [4.69, 9.17) is 0 Å². The van der Waals surface area contributed by atoms with Crippen LogP contribution in [0.2, 0.25) is 0 Å². The summed E-state index contributed by atoms with van der Waals surface area (Å²) in [6.45, 7) is 10.0. The molecule has 0 aromatic heterocycles. The molecule has 0 fully saturated rings. The van der Waals surface area contributed by atoms with E-state index < -0.39 is 0 Å². The number of amides is 1. The highest BCUT2D eigenvalue weighted by Crippen LogP contribution is 2.12. The predicted molar refractivity (Wildman–Crippen MR) is 80.3 cm³/mol. The summed E-state index contributed by atoms with van der Waals surface area (Å²) >= 11 is 0. The number of carbonyl (C=O) groups is 1. The Bertz CT molecular complexity index is 438. The molecule has 0 atom stereocenters. The summed E-state index contributed by atoms with van der Waals surface area (Å²) in [6.07, 6.45) is 0.455. The van der Waals surface area contributed by atoms with Gasteiger partial charge in [0.25, 0.3) is 0 Å². The van der Waals surface area contributed by atoms with Crippen LogP contribution in [0.15, 0.2) is 18.2 Å². The van der Waals surface area contributed by atoms with Gasteiger partial charge in [-0.2, -0.15) is 0 Å². The summed E-state index contributed by atoms with van der Waals surface area (Å²) in [5.41, 5.74) is 3.65. The number of aryl methyl sites for hydroxylation is 2. The van der Waals surface area contributed by atoms with Crippen LogP contribution < -0.4 is 10.6 Å². The first-order chi connectivity index (χ1) is 8.84. The normalized spacial score (nSPS) is 11.4. The fourth-order valence-corrected chi connectivity index (χ4v) is 2.04. The minimum atomic E-state index is 0.0770. The van der Waals surface area contributed by atoms with Crippen LogP contribution in [0.5, 0.6) is 0 Å². The number of benzene rings is 1. The Morgan fingerprint density at radius 1 is 1.16 bits per heavy atom. The molecule has 0 bridgehead atoms. The molecule has 106 valence electrons. The summed E-state index contributed by atoms with van der Waals surface area (Å²) in [7, 11) is 1.93. The van der Waals surface area contributed by atoms with Crippen molar-refractivity contribution in [2.75, 3.05) is 20.1 Å². The van der Waals surface area contributed by atoms with Gasteiger partial charge in [0, 0.05) is 13.1 Å². The maximum Gasteiger partial charge on any atom is 0.224 e. The first kappa shape index (κ1) is 15.7. The third kappa shape index (κ3) is 5.43. The molecule has 19 heavy (non-hydrogen) atoms. The van der Waals surface area contributed by atoms with Gasteiger partial charge >= 0.3 is 0 Å². The van der Waals surface area contributed by atoms with Crippen LogP contribution in [0.25, 0.3) is 0 Å². The number of hydrogen-bond acceptors (Lipinski definition) is 2. The number of rotatable bonds is 6. The maximum absolute atomic E-state index is 11.9. The molecule has 0 unspecified atom stereocenters. The van der Waals surface area contributed by atoms with Gasteiger partial charge in [-0.25, -0.2) is 0 Å².